The van der Waals surface area contributed by atoms with Gasteiger partial charge in [-0.25, -0.2) is 19.4 Å². The molecule has 0 aliphatic heterocycles. The molecule has 0 fully saturated rings. The second kappa shape index (κ2) is 8.41. The van der Waals surface area contributed by atoms with Crippen LogP contribution in [0.25, 0.3) is 0 Å². The summed E-state index contributed by atoms with van der Waals surface area (Å²) >= 11 is 0. The third-order valence-electron chi connectivity index (χ3n) is 3.35. The number of nitrogens with zero attached hydrogens (tertiary/aromatic N) is 3. The van der Waals surface area contributed by atoms with Crippen LogP contribution in [-0.2, 0) is 19.0 Å². The first-order chi connectivity index (χ1) is 12.3. The Hall–Kier alpha value is -2.58. The fraction of sp³-hybridized carbons (Fsp3) is 0.667. The third kappa shape index (κ3) is 6.58. The van der Waals surface area contributed by atoms with Crippen LogP contribution in [0.1, 0.15) is 54.5 Å². The van der Waals surface area contributed by atoms with Gasteiger partial charge in [-0.3, -0.25) is 0 Å². The highest BCUT2D eigenvalue weighted by molar-refractivity contribution is 5.94. The van der Waals surface area contributed by atoms with Crippen molar-refractivity contribution in [2.24, 2.45) is 0 Å². The molecule has 9 nitrogen and oxygen atoms in total. The number of imidazole rings is 1. The first-order valence-electron chi connectivity index (χ1n) is 8.57. The van der Waals surface area contributed by atoms with Crippen molar-refractivity contribution in [3.63, 3.8) is 0 Å². The number of hydrogen-bond acceptors (Lipinski definition) is 7. The zero-order valence-electron chi connectivity index (χ0n) is 17.2. The molecule has 1 rings (SSSR count). The second-order valence-corrected chi connectivity index (χ2v) is 8.05. The van der Waals surface area contributed by atoms with E-state index in [1.165, 1.54) is 19.6 Å². The lowest BCUT2D eigenvalue weighted by molar-refractivity contribution is -0.148. The van der Waals surface area contributed by atoms with E-state index in [2.05, 4.69) is 4.98 Å². The van der Waals surface area contributed by atoms with Gasteiger partial charge in [0.1, 0.15) is 11.2 Å². The molecule has 0 saturated heterocycles. The van der Waals surface area contributed by atoms with Gasteiger partial charge in [-0.05, 0) is 48.5 Å². The zero-order valence-corrected chi connectivity index (χ0v) is 17.2. The molecule has 2 atom stereocenters. The number of aromatic nitrogens is 2. The lowest BCUT2D eigenvalue weighted by Crippen LogP contribution is -2.54. The van der Waals surface area contributed by atoms with Crippen LogP contribution in [-0.4, -0.2) is 57.0 Å². The van der Waals surface area contributed by atoms with Gasteiger partial charge in [-0.15, -0.1) is 0 Å². The van der Waals surface area contributed by atoms with Gasteiger partial charge in [0.2, 0.25) is 0 Å². The average Bonchev–Trinajstić information content (AvgIpc) is 3.01. The van der Waals surface area contributed by atoms with Gasteiger partial charge in [0.15, 0.2) is 6.04 Å². The SMILES string of the molecule is COC(=O)C(C(C)n1ccnc1)N(C(=O)OC(C)(C)C)C(=O)OC(C)(C)C. The van der Waals surface area contributed by atoms with Crippen molar-refractivity contribution in [2.75, 3.05) is 7.11 Å². The molecule has 0 radical (unpaired) electrons. The second-order valence-electron chi connectivity index (χ2n) is 8.05. The van der Waals surface area contributed by atoms with Gasteiger partial charge in [0.25, 0.3) is 0 Å². The molecular weight excluding hydrogens is 354 g/mol. The smallest absolute Gasteiger partial charge is 0.420 e. The number of carbonyl (C=O) groups excluding carboxylic acids is 3. The molecule has 0 aliphatic carbocycles. The molecule has 0 bridgehead atoms. The van der Waals surface area contributed by atoms with Crippen molar-refractivity contribution in [3.05, 3.63) is 18.7 Å². The molecule has 27 heavy (non-hydrogen) atoms. The Bertz CT molecular complexity index is 630. The fourth-order valence-electron chi connectivity index (χ4n) is 2.24. The number of methoxy groups -OCH3 is 1. The van der Waals surface area contributed by atoms with Crippen molar-refractivity contribution in [1.82, 2.24) is 14.5 Å². The molecule has 1 heterocycles. The van der Waals surface area contributed by atoms with E-state index >= 15 is 0 Å². The molecular formula is C18H29N3O6. The maximum atomic E-state index is 12.8. The summed E-state index contributed by atoms with van der Waals surface area (Å²) in [6, 6.07) is -1.98. The Morgan fingerprint density at radius 3 is 1.81 bits per heavy atom. The maximum absolute atomic E-state index is 12.8. The highest BCUT2D eigenvalue weighted by atomic mass is 16.6. The van der Waals surface area contributed by atoms with Crippen LogP contribution in [0.4, 0.5) is 9.59 Å². The fourth-order valence-corrected chi connectivity index (χ4v) is 2.24. The Morgan fingerprint density at radius 2 is 1.48 bits per heavy atom. The minimum Gasteiger partial charge on any atom is -0.467 e. The first kappa shape index (κ1) is 22.5. The summed E-state index contributed by atoms with van der Waals surface area (Å²) in [7, 11) is 1.18. The maximum Gasteiger partial charge on any atom is 0.420 e. The van der Waals surface area contributed by atoms with Gasteiger partial charge >= 0.3 is 18.2 Å². The lowest BCUT2D eigenvalue weighted by atomic mass is 10.1. The molecule has 0 aliphatic rings. The van der Waals surface area contributed by atoms with Crippen LogP contribution in [0.3, 0.4) is 0 Å². The van der Waals surface area contributed by atoms with Crippen LogP contribution < -0.4 is 0 Å². The minimum absolute atomic E-state index is 0.660. The number of imide groups is 1. The van der Waals surface area contributed by atoms with E-state index in [0.717, 1.165) is 0 Å². The Kier molecular flexibility index (Phi) is 6.99. The van der Waals surface area contributed by atoms with Gasteiger partial charge in [-0.1, -0.05) is 0 Å². The van der Waals surface area contributed by atoms with Gasteiger partial charge < -0.3 is 18.8 Å². The predicted molar refractivity (Wildman–Crippen MR) is 97.0 cm³/mol. The molecule has 1 aromatic rings. The minimum atomic E-state index is -1.31. The van der Waals surface area contributed by atoms with Crippen LogP contribution in [0.15, 0.2) is 18.7 Å². The number of ether oxygens (including phenoxy) is 3. The van der Waals surface area contributed by atoms with Crippen LogP contribution in [0.2, 0.25) is 0 Å². The highest BCUT2D eigenvalue weighted by Gasteiger charge is 2.44. The van der Waals surface area contributed by atoms with E-state index in [0.29, 0.717) is 4.90 Å². The van der Waals surface area contributed by atoms with E-state index in [4.69, 9.17) is 14.2 Å². The summed E-state index contributed by atoms with van der Waals surface area (Å²) in [5.41, 5.74) is -1.76. The van der Waals surface area contributed by atoms with Gasteiger partial charge in [0, 0.05) is 12.4 Å². The van der Waals surface area contributed by atoms with Crippen molar-refractivity contribution < 1.29 is 28.6 Å². The number of hydrogen-bond donors (Lipinski definition) is 0. The largest absolute Gasteiger partial charge is 0.467 e. The molecule has 0 aromatic carbocycles. The summed E-state index contributed by atoms with van der Waals surface area (Å²) in [6.45, 7) is 11.6. The number of rotatable bonds is 4. The lowest BCUT2D eigenvalue weighted by Gasteiger charge is -2.34. The summed E-state index contributed by atoms with van der Waals surface area (Å²) in [6.07, 6.45) is 2.61. The standard InChI is InChI=1S/C18H29N3O6/c1-12(20-10-9-19-11-20)13(14(22)25-8)21(15(23)26-17(2,3)4)16(24)27-18(5,6)7/h9-13H,1-8H3. The quantitative estimate of drug-likeness (QED) is 0.581. The topological polar surface area (TPSA) is 100.0 Å². The monoisotopic (exact) mass is 383 g/mol. The molecule has 0 saturated carbocycles. The Labute approximate surface area is 159 Å². The van der Waals surface area contributed by atoms with Crippen molar-refractivity contribution in [1.29, 1.82) is 0 Å². The van der Waals surface area contributed by atoms with E-state index < -0.39 is 41.4 Å². The van der Waals surface area contributed by atoms with E-state index in [1.807, 2.05) is 0 Å². The number of amides is 2. The molecule has 2 unspecified atom stereocenters. The van der Waals surface area contributed by atoms with Crippen LogP contribution in [0.5, 0.6) is 0 Å². The van der Waals surface area contributed by atoms with E-state index in [1.54, 1.807) is 59.2 Å². The molecule has 0 spiro atoms. The van der Waals surface area contributed by atoms with Crippen molar-refractivity contribution in [2.45, 2.75) is 71.8 Å². The van der Waals surface area contributed by atoms with Crippen LogP contribution >= 0.6 is 0 Å². The van der Waals surface area contributed by atoms with E-state index in [-0.39, 0.29) is 0 Å². The summed E-state index contributed by atoms with van der Waals surface area (Å²) in [5, 5.41) is 0. The molecule has 2 amide bonds. The molecule has 0 N–H and O–H groups in total. The molecule has 152 valence electrons. The summed E-state index contributed by atoms with van der Waals surface area (Å²) in [5.74, 6) is -0.784. The Balaban J connectivity index is 3.38. The normalized spacial score (nSPS) is 14.1. The summed E-state index contributed by atoms with van der Waals surface area (Å²) < 4.78 is 17.1. The summed E-state index contributed by atoms with van der Waals surface area (Å²) in [4.78, 5) is 42.7. The predicted octanol–water partition coefficient (Wildman–Crippen LogP) is 3.16. The molecule has 1 aromatic heterocycles. The Morgan fingerprint density at radius 1 is 1.00 bits per heavy atom. The number of carbonyl (C=O) groups is 3. The van der Waals surface area contributed by atoms with Gasteiger partial charge in [0.05, 0.1) is 19.5 Å². The van der Waals surface area contributed by atoms with Crippen molar-refractivity contribution >= 4 is 18.2 Å². The number of esters is 1. The third-order valence-corrected chi connectivity index (χ3v) is 3.35. The van der Waals surface area contributed by atoms with Gasteiger partial charge in [-0.2, -0.15) is 4.90 Å². The highest BCUT2D eigenvalue weighted by Crippen LogP contribution is 2.24. The van der Waals surface area contributed by atoms with E-state index in [9.17, 15) is 14.4 Å². The first-order valence-corrected chi connectivity index (χ1v) is 8.57. The zero-order chi connectivity index (χ0) is 21.0. The molecule has 9 heteroatoms. The van der Waals surface area contributed by atoms with Crippen LogP contribution in [0, 0.1) is 0 Å². The van der Waals surface area contributed by atoms with Crippen molar-refractivity contribution in [3.8, 4) is 0 Å². The average molecular weight is 383 g/mol.